The SMILES string of the molecule is CC.COC(=O)[C@H](C)Cc1ccc(C)cc1. The highest BCUT2D eigenvalue weighted by atomic mass is 16.5. The molecule has 0 amide bonds. The van der Waals surface area contributed by atoms with Gasteiger partial charge in [-0.05, 0) is 18.9 Å². The van der Waals surface area contributed by atoms with Gasteiger partial charge in [-0.1, -0.05) is 50.6 Å². The Morgan fingerprint density at radius 3 is 2.19 bits per heavy atom. The Hall–Kier alpha value is -1.31. The largest absolute Gasteiger partial charge is 0.469 e. The lowest BCUT2D eigenvalue weighted by atomic mass is 10.0. The van der Waals surface area contributed by atoms with E-state index in [-0.39, 0.29) is 11.9 Å². The summed E-state index contributed by atoms with van der Waals surface area (Å²) < 4.78 is 4.67. The number of carbonyl (C=O) groups is 1. The minimum absolute atomic E-state index is 0.0669. The fourth-order valence-electron chi connectivity index (χ4n) is 1.36. The van der Waals surface area contributed by atoms with Crippen molar-refractivity contribution in [3.8, 4) is 0 Å². The lowest BCUT2D eigenvalue weighted by molar-refractivity contribution is -0.144. The van der Waals surface area contributed by atoms with Crippen molar-refractivity contribution in [3.63, 3.8) is 0 Å². The standard InChI is InChI=1S/C12H16O2.C2H6/c1-9-4-6-11(7-5-9)8-10(2)12(13)14-3;1-2/h4-7,10H,8H2,1-3H3;1-2H3/t10-;/m1./s1. The Morgan fingerprint density at radius 1 is 1.25 bits per heavy atom. The number of aryl methyl sites for hydroxylation is 1. The number of benzene rings is 1. The van der Waals surface area contributed by atoms with E-state index in [9.17, 15) is 4.79 Å². The molecule has 2 nitrogen and oxygen atoms in total. The van der Waals surface area contributed by atoms with E-state index in [0.717, 1.165) is 6.42 Å². The summed E-state index contributed by atoms with van der Waals surface area (Å²) in [7, 11) is 1.42. The zero-order valence-corrected chi connectivity index (χ0v) is 10.9. The van der Waals surface area contributed by atoms with Gasteiger partial charge in [-0.3, -0.25) is 4.79 Å². The van der Waals surface area contributed by atoms with Crippen LogP contribution in [0, 0.1) is 12.8 Å². The van der Waals surface area contributed by atoms with Crippen molar-refractivity contribution in [2.45, 2.75) is 34.1 Å². The second-order valence-electron chi connectivity index (χ2n) is 3.61. The van der Waals surface area contributed by atoms with Crippen LogP contribution in [0.15, 0.2) is 24.3 Å². The van der Waals surface area contributed by atoms with Gasteiger partial charge in [-0.15, -0.1) is 0 Å². The lowest BCUT2D eigenvalue weighted by Gasteiger charge is -2.08. The van der Waals surface area contributed by atoms with Crippen molar-refractivity contribution in [1.82, 2.24) is 0 Å². The molecule has 0 aliphatic carbocycles. The van der Waals surface area contributed by atoms with Gasteiger partial charge in [0.05, 0.1) is 13.0 Å². The first-order chi connectivity index (χ1) is 7.63. The smallest absolute Gasteiger partial charge is 0.308 e. The molecule has 1 rings (SSSR count). The number of carbonyl (C=O) groups excluding carboxylic acids is 1. The summed E-state index contributed by atoms with van der Waals surface area (Å²) in [5.74, 6) is -0.215. The predicted octanol–water partition coefficient (Wildman–Crippen LogP) is 3.37. The van der Waals surface area contributed by atoms with Gasteiger partial charge in [0.2, 0.25) is 0 Å². The third-order valence-electron chi connectivity index (χ3n) is 2.27. The van der Waals surface area contributed by atoms with Crippen LogP contribution in [0.5, 0.6) is 0 Å². The molecule has 0 N–H and O–H groups in total. The van der Waals surface area contributed by atoms with Gasteiger partial charge in [0.15, 0.2) is 0 Å². The number of hydrogen-bond acceptors (Lipinski definition) is 2. The van der Waals surface area contributed by atoms with Crippen LogP contribution in [-0.4, -0.2) is 13.1 Å². The summed E-state index contributed by atoms with van der Waals surface area (Å²) in [6.07, 6.45) is 0.743. The summed E-state index contributed by atoms with van der Waals surface area (Å²) in [4.78, 5) is 11.2. The molecule has 2 heteroatoms. The number of methoxy groups -OCH3 is 1. The van der Waals surface area contributed by atoms with Crippen LogP contribution >= 0.6 is 0 Å². The molecule has 90 valence electrons. The number of hydrogen-bond donors (Lipinski definition) is 0. The van der Waals surface area contributed by atoms with E-state index in [2.05, 4.69) is 29.0 Å². The van der Waals surface area contributed by atoms with E-state index in [4.69, 9.17) is 0 Å². The van der Waals surface area contributed by atoms with E-state index in [1.54, 1.807) is 0 Å². The molecule has 0 aromatic heterocycles. The van der Waals surface area contributed by atoms with Crippen LogP contribution < -0.4 is 0 Å². The summed E-state index contributed by atoms with van der Waals surface area (Å²) in [6, 6.07) is 8.21. The van der Waals surface area contributed by atoms with Crippen molar-refractivity contribution in [2.75, 3.05) is 7.11 Å². The predicted molar refractivity (Wildman–Crippen MR) is 67.4 cm³/mol. The maximum Gasteiger partial charge on any atom is 0.308 e. The van der Waals surface area contributed by atoms with Crippen molar-refractivity contribution >= 4 is 5.97 Å². The molecule has 0 radical (unpaired) electrons. The van der Waals surface area contributed by atoms with Crippen molar-refractivity contribution in [2.24, 2.45) is 5.92 Å². The third-order valence-corrected chi connectivity index (χ3v) is 2.27. The van der Waals surface area contributed by atoms with E-state index in [1.165, 1.54) is 18.2 Å². The van der Waals surface area contributed by atoms with Crippen LogP contribution in [0.3, 0.4) is 0 Å². The molecule has 1 aromatic carbocycles. The molecule has 0 bridgehead atoms. The molecule has 0 aliphatic rings. The first-order valence-corrected chi connectivity index (χ1v) is 5.77. The fraction of sp³-hybridized carbons (Fsp3) is 0.500. The van der Waals surface area contributed by atoms with Gasteiger partial charge in [0.1, 0.15) is 0 Å². The van der Waals surface area contributed by atoms with E-state index >= 15 is 0 Å². The molecule has 1 atom stereocenters. The van der Waals surface area contributed by atoms with Gasteiger partial charge < -0.3 is 4.74 Å². The van der Waals surface area contributed by atoms with Crippen LogP contribution in [0.25, 0.3) is 0 Å². The topological polar surface area (TPSA) is 26.3 Å². The highest BCUT2D eigenvalue weighted by molar-refractivity contribution is 5.72. The molecule has 0 fully saturated rings. The van der Waals surface area contributed by atoms with Gasteiger partial charge >= 0.3 is 5.97 Å². The first-order valence-electron chi connectivity index (χ1n) is 5.77. The average molecular weight is 222 g/mol. The molecule has 0 saturated carbocycles. The van der Waals surface area contributed by atoms with Gasteiger partial charge in [0.25, 0.3) is 0 Å². The van der Waals surface area contributed by atoms with Crippen molar-refractivity contribution in [1.29, 1.82) is 0 Å². The molecular formula is C14H22O2. The Bertz CT molecular complexity index is 301. The molecule has 16 heavy (non-hydrogen) atoms. The van der Waals surface area contributed by atoms with Crippen LogP contribution in [0.1, 0.15) is 31.9 Å². The lowest BCUT2D eigenvalue weighted by Crippen LogP contribution is -2.14. The zero-order valence-electron chi connectivity index (χ0n) is 10.9. The van der Waals surface area contributed by atoms with Gasteiger partial charge in [-0.2, -0.15) is 0 Å². The van der Waals surface area contributed by atoms with E-state index < -0.39 is 0 Å². The first kappa shape index (κ1) is 14.7. The molecule has 0 spiro atoms. The molecule has 0 unspecified atom stereocenters. The minimum Gasteiger partial charge on any atom is -0.469 e. The summed E-state index contributed by atoms with van der Waals surface area (Å²) in [6.45, 7) is 7.93. The Morgan fingerprint density at radius 2 is 1.75 bits per heavy atom. The average Bonchev–Trinajstić information content (AvgIpc) is 2.33. The summed E-state index contributed by atoms with van der Waals surface area (Å²) in [5, 5.41) is 0. The number of rotatable bonds is 3. The molecule has 0 saturated heterocycles. The highest BCUT2D eigenvalue weighted by Gasteiger charge is 2.12. The van der Waals surface area contributed by atoms with Crippen LogP contribution in [-0.2, 0) is 16.0 Å². The molecular weight excluding hydrogens is 200 g/mol. The van der Waals surface area contributed by atoms with Crippen molar-refractivity contribution in [3.05, 3.63) is 35.4 Å². The number of ether oxygens (including phenoxy) is 1. The Balaban J connectivity index is 0.00000106. The minimum atomic E-state index is -0.148. The van der Waals surface area contributed by atoms with Gasteiger partial charge in [0, 0.05) is 0 Å². The second-order valence-corrected chi connectivity index (χ2v) is 3.61. The van der Waals surface area contributed by atoms with Crippen molar-refractivity contribution < 1.29 is 9.53 Å². The van der Waals surface area contributed by atoms with E-state index in [1.807, 2.05) is 27.7 Å². The Labute approximate surface area is 98.6 Å². The van der Waals surface area contributed by atoms with Gasteiger partial charge in [-0.25, -0.2) is 0 Å². The molecule has 0 aliphatic heterocycles. The second kappa shape index (κ2) is 7.91. The zero-order chi connectivity index (χ0) is 12.6. The summed E-state index contributed by atoms with van der Waals surface area (Å²) >= 11 is 0. The maximum absolute atomic E-state index is 11.2. The Kier molecular flexibility index (Phi) is 7.27. The summed E-state index contributed by atoms with van der Waals surface area (Å²) in [5.41, 5.74) is 2.41. The molecule has 1 aromatic rings. The monoisotopic (exact) mass is 222 g/mol. The fourth-order valence-corrected chi connectivity index (χ4v) is 1.36. The normalized spacial score (nSPS) is 11.1. The van der Waals surface area contributed by atoms with Crippen LogP contribution in [0.4, 0.5) is 0 Å². The number of esters is 1. The van der Waals surface area contributed by atoms with Crippen LogP contribution in [0.2, 0.25) is 0 Å². The maximum atomic E-state index is 11.2. The van der Waals surface area contributed by atoms with E-state index in [0.29, 0.717) is 0 Å². The molecule has 0 heterocycles. The third kappa shape index (κ3) is 4.96. The highest BCUT2D eigenvalue weighted by Crippen LogP contribution is 2.10. The quantitative estimate of drug-likeness (QED) is 0.733.